The van der Waals surface area contributed by atoms with Gasteiger partial charge in [0, 0.05) is 23.2 Å². The maximum Gasteiger partial charge on any atom is 0.274 e. The van der Waals surface area contributed by atoms with E-state index in [1.165, 1.54) is 12.1 Å². The maximum absolute atomic E-state index is 13.4. The average Bonchev–Trinajstić information content (AvgIpc) is 2.83. The summed E-state index contributed by atoms with van der Waals surface area (Å²) in [6.45, 7) is 2.28. The highest BCUT2D eigenvalue weighted by molar-refractivity contribution is 5.83. The van der Waals surface area contributed by atoms with E-state index < -0.39 is 10.7 Å². The van der Waals surface area contributed by atoms with Crippen molar-refractivity contribution in [1.82, 2.24) is 4.57 Å². The second-order valence-electron chi connectivity index (χ2n) is 4.98. The van der Waals surface area contributed by atoms with E-state index in [0.717, 1.165) is 22.5 Å². The fourth-order valence-corrected chi connectivity index (χ4v) is 2.56. The predicted octanol–water partition coefficient (Wildman–Crippen LogP) is 4.05. The van der Waals surface area contributed by atoms with Gasteiger partial charge in [0.2, 0.25) is 0 Å². The first kappa shape index (κ1) is 13.3. The van der Waals surface area contributed by atoms with E-state index in [9.17, 15) is 14.5 Å². The minimum Gasteiger partial charge on any atom is -0.343 e. The Balaban J connectivity index is 2.09. The maximum atomic E-state index is 13.4. The van der Waals surface area contributed by atoms with Gasteiger partial charge in [-0.1, -0.05) is 12.1 Å². The van der Waals surface area contributed by atoms with Crippen LogP contribution < -0.4 is 0 Å². The summed E-state index contributed by atoms with van der Waals surface area (Å²) in [6.07, 6.45) is 1.87. The summed E-state index contributed by atoms with van der Waals surface area (Å²) in [5.41, 5.74) is 2.42. The normalized spacial score (nSPS) is 11.0. The van der Waals surface area contributed by atoms with Crippen molar-refractivity contribution >= 4 is 16.6 Å². The smallest absolute Gasteiger partial charge is 0.274 e. The van der Waals surface area contributed by atoms with Gasteiger partial charge in [0.25, 0.3) is 5.69 Å². The molecule has 0 aliphatic carbocycles. The van der Waals surface area contributed by atoms with Crippen LogP contribution in [0.4, 0.5) is 10.1 Å². The molecule has 0 saturated carbocycles. The number of nitro groups is 1. The lowest BCUT2D eigenvalue weighted by Crippen LogP contribution is -2.02. The second kappa shape index (κ2) is 5.01. The molecule has 0 aliphatic rings. The first-order valence-electron chi connectivity index (χ1n) is 6.53. The van der Waals surface area contributed by atoms with Crippen LogP contribution in [0.1, 0.15) is 11.1 Å². The summed E-state index contributed by atoms with van der Waals surface area (Å²) in [5, 5.41) is 12.1. The Kier molecular flexibility index (Phi) is 3.17. The van der Waals surface area contributed by atoms with Gasteiger partial charge in [0.15, 0.2) is 0 Å². The van der Waals surface area contributed by atoms with Crippen molar-refractivity contribution in [3.63, 3.8) is 0 Å². The summed E-state index contributed by atoms with van der Waals surface area (Å²) < 4.78 is 15.3. The zero-order chi connectivity index (χ0) is 15.0. The van der Waals surface area contributed by atoms with Crippen LogP contribution in [0.2, 0.25) is 0 Å². The highest BCUT2D eigenvalue weighted by Crippen LogP contribution is 2.24. The molecule has 2 aromatic carbocycles. The van der Waals surface area contributed by atoms with Crippen LogP contribution in [0.3, 0.4) is 0 Å². The van der Waals surface area contributed by atoms with Gasteiger partial charge in [-0.25, -0.2) is 4.39 Å². The molecule has 0 amide bonds. The SMILES string of the molecule is Cc1cccc2c1ccn2Cc1cc(F)ccc1[N+](=O)[O-]. The number of benzene rings is 2. The van der Waals surface area contributed by atoms with Crippen LogP contribution in [0.15, 0.2) is 48.7 Å². The molecule has 0 spiro atoms. The van der Waals surface area contributed by atoms with Crippen LogP contribution in [0, 0.1) is 22.9 Å². The molecule has 106 valence electrons. The Morgan fingerprint density at radius 3 is 2.81 bits per heavy atom. The molecule has 0 radical (unpaired) electrons. The topological polar surface area (TPSA) is 48.1 Å². The van der Waals surface area contributed by atoms with Crippen LogP contribution in [0.5, 0.6) is 0 Å². The van der Waals surface area contributed by atoms with E-state index in [2.05, 4.69) is 0 Å². The lowest BCUT2D eigenvalue weighted by molar-refractivity contribution is -0.385. The minimum atomic E-state index is -0.480. The molecule has 0 saturated heterocycles. The molecule has 1 aromatic heterocycles. The van der Waals surface area contributed by atoms with Crippen molar-refractivity contribution in [1.29, 1.82) is 0 Å². The minimum absolute atomic E-state index is 0.0640. The molecule has 5 heteroatoms. The Morgan fingerprint density at radius 2 is 2.05 bits per heavy atom. The number of rotatable bonds is 3. The number of nitro benzene ring substituents is 1. The molecule has 3 aromatic rings. The Hall–Kier alpha value is -2.69. The van der Waals surface area contributed by atoms with Gasteiger partial charge < -0.3 is 4.57 Å². The number of aryl methyl sites for hydroxylation is 1. The summed E-state index contributed by atoms with van der Waals surface area (Å²) in [4.78, 5) is 10.6. The molecular weight excluding hydrogens is 271 g/mol. The van der Waals surface area contributed by atoms with Gasteiger partial charge in [0.1, 0.15) is 5.82 Å². The molecule has 0 bridgehead atoms. The Labute approximate surface area is 120 Å². The van der Waals surface area contributed by atoms with Crippen LogP contribution >= 0.6 is 0 Å². The number of hydrogen-bond donors (Lipinski definition) is 0. The molecule has 4 nitrogen and oxygen atoms in total. The first-order chi connectivity index (χ1) is 10.1. The number of aromatic nitrogens is 1. The van der Waals surface area contributed by atoms with Crippen LogP contribution in [-0.2, 0) is 6.54 Å². The zero-order valence-electron chi connectivity index (χ0n) is 11.4. The van der Waals surface area contributed by atoms with Crippen molar-refractivity contribution in [3.8, 4) is 0 Å². The molecule has 0 atom stereocenters. The van der Waals surface area contributed by atoms with Gasteiger partial charge in [-0.2, -0.15) is 0 Å². The van der Waals surface area contributed by atoms with Crippen molar-refractivity contribution in [3.05, 3.63) is 75.7 Å². The monoisotopic (exact) mass is 284 g/mol. The largest absolute Gasteiger partial charge is 0.343 e. The van der Waals surface area contributed by atoms with Crippen LogP contribution in [0.25, 0.3) is 10.9 Å². The zero-order valence-corrected chi connectivity index (χ0v) is 11.4. The number of hydrogen-bond acceptors (Lipinski definition) is 2. The van der Waals surface area contributed by atoms with E-state index >= 15 is 0 Å². The van der Waals surface area contributed by atoms with E-state index in [1.54, 1.807) is 0 Å². The fraction of sp³-hybridized carbons (Fsp3) is 0.125. The molecule has 1 heterocycles. The fourth-order valence-electron chi connectivity index (χ4n) is 2.56. The summed E-state index contributed by atoms with van der Waals surface area (Å²) >= 11 is 0. The second-order valence-corrected chi connectivity index (χ2v) is 4.98. The van der Waals surface area contributed by atoms with Gasteiger partial charge in [-0.3, -0.25) is 10.1 Å². The molecule has 0 fully saturated rings. The quantitative estimate of drug-likeness (QED) is 0.538. The summed E-state index contributed by atoms with van der Waals surface area (Å²) in [5.74, 6) is -0.469. The number of halogens is 1. The third kappa shape index (κ3) is 2.38. The molecule has 0 N–H and O–H groups in total. The lowest BCUT2D eigenvalue weighted by Gasteiger charge is -2.07. The average molecular weight is 284 g/mol. The Morgan fingerprint density at radius 1 is 1.24 bits per heavy atom. The van der Waals surface area contributed by atoms with Crippen molar-refractivity contribution < 1.29 is 9.31 Å². The third-order valence-electron chi connectivity index (χ3n) is 3.61. The van der Waals surface area contributed by atoms with E-state index in [1.807, 2.05) is 42.0 Å². The summed E-state index contributed by atoms with van der Waals surface area (Å²) in [6, 6.07) is 11.4. The van der Waals surface area contributed by atoms with Crippen LogP contribution in [-0.4, -0.2) is 9.49 Å². The molecule has 21 heavy (non-hydrogen) atoms. The number of fused-ring (bicyclic) bond motifs is 1. The number of nitrogens with zero attached hydrogens (tertiary/aromatic N) is 2. The Bertz CT molecular complexity index is 839. The molecule has 0 unspecified atom stereocenters. The third-order valence-corrected chi connectivity index (χ3v) is 3.61. The van der Waals surface area contributed by atoms with Crippen molar-refractivity contribution in [2.45, 2.75) is 13.5 Å². The predicted molar refractivity (Wildman–Crippen MR) is 78.8 cm³/mol. The van der Waals surface area contributed by atoms with E-state index in [4.69, 9.17) is 0 Å². The van der Waals surface area contributed by atoms with Gasteiger partial charge in [0.05, 0.1) is 17.0 Å². The van der Waals surface area contributed by atoms with Gasteiger partial charge >= 0.3 is 0 Å². The highest BCUT2D eigenvalue weighted by atomic mass is 19.1. The molecule has 3 rings (SSSR count). The van der Waals surface area contributed by atoms with E-state index in [0.29, 0.717) is 5.56 Å². The lowest BCUT2D eigenvalue weighted by atomic mass is 10.1. The van der Waals surface area contributed by atoms with Gasteiger partial charge in [-0.05, 0) is 36.8 Å². The van der Waals surface area contributed by atoms with E-state index in [-0.39, 0.29) is 12.2 Å². The molecular formula is C16H13FN2O2. The highest BCUT2D eigenvalue weighted by Gasteiger charge is 2.15. The van der Waals surface area contributed by atoms with Crippen molar-refractivity contribution in [2.24, 2.45) is 0 Å². The summed E-state index contributed by atoms with van der Waals surface area (Å²) in [7, 11) is 0. The molecule has 0 aliphatic heterocycles. The first-order valence-corrected chi connectivity index (χ1v) is 6.53. The van der Waals surface area contributed by atoms with Crippen molar-refractivity contribution in [2.75, 3.05) is 0 Å². The standard InChI is InChI=1S/C16H13FN2O2/c1-11-3-2-4-16-14(11)7-8-18(16)10-12-9-13(17)5-6-15(12)19(20)21/h2-9H,10H2,1H3. The van der Waals surface area contributed by atoms with Gasteiger partial charge in [-0.15, -0.1) is 0 Å².